The van der Waals surface area contributed by atoms with Crippen molar-refractivity contribution in [3.63, 3.8) is 0 Å². The zero-order valence-corrected chi connectivity index (χ0v) is 13.8. The number of nitrogens with zero attached hydrogens (tertiary/aromatic N) is 2. The first-order chi connectivity index (χ1) is 10.0. The van der Waals surface area contributed by atoms with Crippen molar-refractivity contribution < 1.29 is 9.53 Å². The average Bonchev–Trinajstić information content (AvgIpc) is 2.53. The first kappa shape index (κ1) is 15.5. The second-order valence-corrected chi connectivity index (χ2v) is 5.63. The maximum absolute atomic E-state index is 12.7. The van der Waals surface area contributed by atoms with Gasteiger partial charge in [-0.15, -0.1) is 0 Å². The van der Waals surface area contributed by atoms with Crippen LogP contribution >= 0.6 is 15.9 Å². The fourth-order valence-electron chi connectivity index (χ4n) is 2.07. The van der Waals surface area contributed by atoms with Gasteiger partial charge in [0.2, 0.25) is 0 Å². The highest BCUT2D eigenvalue weighted by Gasteiger charge is 2.21. The zero-order valence-electron chi connectivity index (χ0n) is 12.2. The molecule has 1 amide bonds. The zero-order chi connectivity index (χ0) is 15.4. The number of carbonyl (C=O) groups is 1. The molecular formula is C16H17BrN2O2. The highest BCUT2D eigenvalue weighted by Crippen LogP contribution is 2.27. The number of hydrogen-bond acceptors (Lipinski definition) is 3. The quantitative estimate of drug-likeness (QED) is 0.846. The maximum atomic E-state index is 12.7. The molecule has 110 valence electrons. The van der Waals surface area contributed by atoms with Gasteiger partial charge in [0.25, 0.3) is 5.91 Å². The largest absolute Gasteiger partial charge is 0.496 e. The van der Waals surface area contributed by atoms with Gasteiger partial charge in [0.1, 0.15) is 5.75 Å². The third-order valence-corrected chi connectivity index (χ3v) is 3.98. The van der Waals surface area contributed by atoms with E-state index in [0.717, 1.165) is 10.0 Å². The van der Waals surface area contributed by atoms with Crippen molar-refractivity contribution in [2.24, 2.45) is 0 Å². The van der Waals surface area contributed by atoms with Crippen LogP contribution in [0.25, 0.3) is 0 Å². The molecule has 1 unspecified atom stereocenters. The molecule has 1 aromatic heterocycles. The van der Waals surface area contributed by atoms with E-state index in [-0.39, 0.29) is 11.9 Å². The number of hydrogen-bond donors (Lipinski definition) is 0. The predicted octanol–water partition coefficient (Wildman–Crippen LogP) is 3.69. The smallest absolute Gasteiger partial charge is 0.257 e. The fraction of sp³-hybridized carbons (Fsp3) is 0.250. The standard InChI is InChI=1S/C16H17BrN2O2/c1-11(12-6-8-18-9-7-12)19(2)16(20)14-5-4-13(17)10-15(14)21-3/h4-11H,1-3H3. The number of carbonyl (C=O) groups excluding carboxylic acids is 1. The molecule has 0 fully saturated rings. The Balaban J connectivity index is 2.27. The fourth-order valence-corrected chi connectivity index (χ4v) is 2.41. The van der Waals surface area contributed by atoms with Gasteiger partial charge in [0.05, 0.1) is 18.7 Å². The normalized spacial score (nSPS) is 11.8. The molecule has 1 aromatic carbocycles. The van der Waals surface area contributed by atoms with Gasteiger partial charge in [-0.2, -0.15) is 0 Å². The second-order valence-electron chi connectivity index (χ2n) is 4.72. The number of methoxy groups -OCH3 is 1. The molecule has 5 heteroatoms. The molecule has 0 saturated carbocycles. The minimum Gasteiger partial charge on any atom is -0.496 e. The second kappa shape index (κ2) is 6.72. The minimum atomic E-state index is -0.0799. The van der Waals surface area contributed by atoms with E-state index < -0.39 is 0 Å². The lowest BCUT2D eigenvalue weighted by Gasteiger charge is -2.26. The van der Waals surface area contributed by atoms with Crippen LogP contribution in [0.1, 0.15) is 28.9 Å². The van der Waals surface area contributed by atoms with Crippen LogP contribution in [0.15, 0.2) is 47.2 Å². The first-order valence-electron chi connectivity index (χ1n) is 6.55. The van der Waals surface area contributed by atoms with Gasteiger partial charge < -0.3 is 9.64 Å². The van der Waals surface area contributed by atoms with E-state index in [1.165, 1.54) is 0 Å². The van der Waals surface area contributed by atoms with Crippen LogP contribution in [0.3, 0.4) is 0 Å². The van der Waals surface area contributed by atoms with Crippen molar-refractivity contribution in [3.8, 4) is 5.75 Å². The van der Waals surface area contributed by atoms with Crippen LogP contribution < -0.4 is 4.74 Å². The molecule has 0 N–H and O–H groups in total. The SMILES string of the molecule is COc1cc(Br)ccc1C(=O)N(C)C(C)c1ccncc1. The summed E-state index contributed by atoms with van der Waals surface area (Å²) < 4.78 is 6.17. The van der Waals surface area contributed by atoms with E-state index in [4.69, 9.17) is 4.74 Å². The third kappa shape index (κ3) is 3.42. The molecule has 2 aromatic rings. The maximum Gasteiger partial charge on any atom is 0.257 e. The Hall–Kier alpha value is -1.88. The monoisotopic (exact) mass is 348 g/mol. The number of benzene rings is 1. The lowest BCUT2D eigenvalue weighted by Crippen LogP contribution is -2.30. The number of halogens is 1. The summed E-state index contributed by atoms with van der Waals surface area (Å²) in [7, 11) is 3.35. The molecule has 4 nitrogen and oxygen atoms in total. The molecule has 0 aliphatic rings. The molecule has 0 saturated heterocycles. The highest BCUT2D eigenvalue weighted by atomic mass is 79.9. The van der Waals surface area contributed by atoms with Crippen LogP contribution in [-0.4, -0.2) is 29.9 Å². The summed E-state index contributed by atoms with van der Waals surface area (Å²) in [6.07, 6.45) is 3.45. The molecule has 0 aliphatic heterocycles. The first-order valence-corrected chi connectivity index (χ1v) is 7.34. The molecule has 21 heavy (non-hydrogen) atoms. The Morgan fingerprint density at radius 3 is 2.57 bits per heavy atom. The van der Waals surface area contributed by atoms with Gasteiger partial charge in [-0.3, -0.25) is 9.78 Å². The Morgan fingerprint density at radius 2 is 1.95 bits per heavy atom. The van der Waals surface area contributed by atoms with Crippen molar-refractivity contribution in [3.05, 3.63) is 58.3 Å². The van der Waals surface area contributed by atoms with Gasteiger partial charge in [0, 0.05) is 23.9 Å². The van der Waals surface area contributed by atoms with E-state index in [1.54, 1.807) is 43.6 Å². The van der Waals surface area contributed by atoms with E-state index in [9.17, 15) is 4.79 Å². The summed E-state index contributed by atoms with van der Waals surface area (Å²) in [6, 6.07) is 9.16. The molecule has 0 radical (unpaired) electrons. The Morgan fingerprint density at radius 1 is 1.29 bits per heavy atom. The summed E-state index contributed by atoms with van der Waals surface area (Å²) in [5.74, 6) is 0.479. The van der Waals surface area contributed by atoms with Crippen molar-refractivity contribution >= 4 is 21.8 Å². The van der Waals surface area contributed by atoms with Gasteiger partial charge in [-0.1, -0.05) is 15.9 Å². The number of ether oxygens (including phenoxy) is 1. The molecule has 2 rings (SSSR count). The summed E-state index contributed by atoms with van der Waals surface area (Å²) in [5.41, 5.74) is 1.58. The Labute approximate surface area is 132 Å². The molecule has 1 heterocycles. The van der Waals surface area contributed by atoms with Gasteiger partial charge in [-0.25, -0.2) is 0 Å². The third-order valence-electron chi connectivity index (χ3n) is 3.48. The Bertz CT molecular complexity index is 631. The summed E-state index contributed by atoms with van der Waals surface area (Å²) in [5, 5.41) is 0. The lowest BCUT2D eigenvalue weighted by molar-refractivity contribution is 0.0739. The van der Waals surface area contributed by atoms with Crippen LogP contribution in [0, 0.1) is 0 Å². The van der Waals surface area contributed by atoms with Crippen molar-refractivity contribution in [1.29, 1.82) is 0 Å². The topological polar surface area (TPSA) is 42.4 Å². The number of aromatic nitrogens is 1. The molecular weight excluding hydrogens is 332 g/mol. The lowest BCUT2D eigenvalue weighted by atomic mass is 10.1. The number of rotatable bonds is 4. The Kier molecular flexibility index (Phi) is 4.96. The van der Waals surface area contributed by atoms with Crippen molar-refractivity contribution in [2.45, 2.75) is 13.0 Å². The highest BCUT2D eigenvalue weighted by molar-refractivity contribution is 9.10. The molecule has 0 spiro atoms. The van der Waals surface area contributed by atoms with Crippen LogP contribution in [0.2, 0.25) is 0 Å². The van der Waals surface area contributed by atoms with E-state index in [1.807, 2.05) is 25.1 Å². The average molecular weight is 349 g/mol. The minimum absolute atomic E-state index is 0.0474. The molecule has 0 bridgehead atoms. The van der Waals surface area contributed by atoms with Gasteiger partial charge in [0.15, 0.2) is 0 Å². The van der Waals surface area contributed by atoms with E-state index in [0.29, 0.717) is 11.3 Å². The summed E-state index contributed by atoms with van der Waals surface area (Å²) >= 11 is 3.38. The van der Waals surface area contributed by atoms with Gasteiger partial charge in [-0.05, 0) is 42.8 Å². The predicted molar refractivity (Wildman–Crippen MR) is 85.4 cm³/mol. The van der Waals surface area contributed by atoms with Crippen LogP contribution in [0.4, 0.5) is 0 Å². The number of amides is 1. The summed E-state index contributed by atoms with van der Waals surface area (Å²) in [4.78, 5) is 18.4. The molecule has 1 atom stereocenters. The van der Waals surface area contributed by atoms with Crippen LogP contribution in [0.5, 0.6) is 5.75 Å². The summed E-state index contributed by atoms with van der Waals surface area (Å²) in [6.45, 7) is 1.98. The number of pyridine rings is 1. The van der Waals surface area contributed by atoms with Crippen molar-refractivity contribution in [1.82, 2.24) is 9.88 Å². The van der Waals surface area contributed by atoms with E-state index in [2.05, 4.69) is 20.9 Å². The van der Waals surface area contributed by atoms with Crippen molar-refractivity contribution in [2.75, 3.05) is 14.2 Å². The van der Waals surface area contributed by atoms with Crippen LogP contribution in [-0.2, 0) is 0 Å². The molecule has 0 aliphatic carbocycles. The van der Waals surface area contributed by atoms with E-state index >= 15 is 0 Å². The van der Waals surface area contributed by atoms with Gasteiger partial charge >= 0.3 is 0 Å².